The van der Waals surface area contributed by atoms with Crippen LogP contribution in [0.4, 0.5) is 0 Å². The summed E-state index contributed by atoms with van der Waals surface area (Å²) in [5.74, 6) is -1.89. The number of amides is 1. The number of hydrogen-bond donors (Lipinski definition) is 4. The third-order valence-corrected chi connectivity index (χ3v) is 7.95. The van der Waals surface area contributed by atoms with Crippen molar-refractivity contribution in [3.8, 4) is 6.07 Å². The number of benzene rings is 2. The molecule has 1 amide bonds. The van der Waals surface area contributed by atoms with Crippen molar-refractivity contribution < 1.29 is 24.6 Å². The number of aromatic amines is 1. The van der Waals surface area contributed by atoms with Crippen molar-refractivity contribution in [2.75, 3.05) is 13.1 Å². The molecule has 1 aliphatic carbocycles. The summed E-state index contributed by atoms with van der Waals surface area (Å²) in [6.45, 7) is 2.53. The van der Waals surface area contributed by atoms with Crippen LogP contribution in [0.25, 0.3) is 0 Å². The second-order valence-corrected chi connectivity index (χ2v) is 10.4. The number of aromatic nitrogens is 4. The molecule has 1 aromatic heterocycles. The van der Waals surface area contributed by atoms with E-state index < -0.39 is 23.4 Å². The van der Waals surface area contributed by atoms with Crippen molar-refractivity contribution in [1.29, 1.82) is 5.26 Å². The molecule has 0 unspecified atom stereocenters. The molecule has 1 saturated heterocycles. The highest BCUT2D eigenvalue weighted by Gasteiger charge is 2.46. The number of likely N-dealkylation sites (tertiary alicyclic amines) is 1. The van der Waals surface area contributed by atoms with Gasteiger partial charge in [0, 0.05) is 12.6 Å². The first kappa shape index (κ1) is 27.0. The summed E-state index contributed by atoms with van der Waals surface area (Å²) in [5.41, 5.74) is 2.43. The van der Waals surface area contributed by atoms with E-state index in [1.807, 2.05) is 6.92 Å². The monoisotopic (exact) mass is 543 g/mol. The number of H-pyrrole nitrogens is 1. The molecule has 5 rings (SSSR count). The van der Waals surface area contributed by atoms with E-state index in [0.717, 1.165) is 28.7 Å². The summed E-state index contributed by atoms with van der Waals surface area (Å²) in [6.07, 6.45) is 2.79. The molecule has 2 atom stereocenters. The van der Waals surface area contributed by atoms with Crippen molar-refractivity contribution in [2.24, 2.45) is 0 Å². The number of carbonyl (C=O) groups excluding carboxylic acids is 1. The maximum Gasteiger partial charge on any atom is 0.335 e. The number of aromatic carboxylic acids is 2. The van der Waals surface area contributed by atoms with Gasteiger partial charge in [0.25, 0.3) is 0 Å². The standard InChI is InChI=1S/C28H29N7O5/c1-16(30-15-24(36)35-10-2-3-21(35)14-29)13-28(27-31-33-34-32-27)22-8-6-19(25(37)38)11-17(22)4-5-18-12-20(26(39)40)7-9-23(18)28/h6-9,11-12,16,21,30H,2-5,10,13,15H2,1H3,(H,37,38)(H,39,40)(H,31,32,33,34)/t16-,21-/m0/s1. The minimum Gasteiger partial charge on any atom is -0.478 e. The lowest BCUT2D eigenvalue weighted by Gasteiger charge is -2.36. The maximum atomic E-state index is 12.9. The number of hydrogen-bond acceptors (Lipinski definition) is 8. The fourth-order valence-corrected chi connectivity index (χ4v) is 6.10. The predicted octanol–water partition coefficient (Wildman–Crippen LogP) is 1.91. The van der Waals surface area contributed by atoms with Crippen LogP contribution in [-0.4, -0.2) is 78.8 Å². The minimum atomic E-state index is -1.05. The highest BCUT2D eigenvalue weighted by atomic mass is 16.4. The molecule has 0 saturated carbocycles. The lowest BCUT2D eigenvalue weighted by Crippen LogP contribution is -2.45. The van der Waals surface area contributed by atoms with Crippen molar-refractivity contribution in [3.05, 3.63) is 75.6 Å². The smallest absolute Gasteiger partial charge is 0.335 e. The third kappa shape index (κ3) is 4.80. The molecule has 206 valence electrons. The van der Waals surface area contributed by atoms with Gasteiger partial charge >= 0.3 is 11.9 Å². The molecule has 12 nitrogen and oxygen atoms in total. The van der Waals surface area contributed by atoms with Crippen LogP contribution in [0, 0.1) is 11.3 Å². The number of carboxylic acid groups (broad SMARTS) is 2. The van der Waals surface area contributed by atoms with E-state index >= 15 is 0 Å². The van der Waals surface area contributed by atoms with E-state index in [1.54, 1.807) is 41.3 Å². The molecule has 0 radical (unpaired) electrons. The predicted molar refractivity (Wildman–Crippen MR) is 141 cm³/mol. The molecular formula is C28H29N7O5. The van der Waals surface area contributed by atoms with Crippen LogP contribution in [0.1, 0.15) is 75.0 Å². The summed E-state index contributed by atoms with van der Waals surface area (Å²) < 4.78 is 0. The molecule has 1 fully saturated rings. The van der Waals surface area contributed by atoms with Crippen molar-refractivity contribution in [2.45, 2.75) is 56.5 Å². The fraction of sp³-hybridized carbons (Fsp3) is 0.393. The molecule has 0 spiro atoms. The second kappa shape index (κ2) is 10.9. The molecule has 2 heterocycles. The van der Waals surface area contributed by atoms with Gasteiger partial charge < -0.3 is 20.4 Å². The number of rotatable bonds is 8. The van der Waals surface area contributed by atoms with E-state index in [1.165, 1.54) is 0 Å². The summed E-state index contributed by atoms with van der Waals surface area (Å²) in [4.78, 5) is 38.2. The zero-order valence-electron chi connectivity index (χ0n) is 21.9. The van der Waals surface area contributed by atoms with Crippen molar-refractivity contribution >= 4 is 17.8 Å². The van der Waals surface area contributed by atoms with Crippen LogP contribution in [-0.2, 0) is 23.1 Å². The van der Waals surface area contributed by atoms with Gasteiger partial charge in [-0.25, -0.2) is 9.59 Å². The Morgan fingerprint density at radius 1 is 1.12 bits per heavy atom. The number of carbonyl (C=O) groups is 3. The first-order chi connectivity index (χ1) is 19.2. The van der Waals surface area contributed by atoms with Crippen LogP contribution in [0.5, 0.6) is 0 Å². The van der Waals surface area contributed by atoms with Crippen molar-refractivity contribution in [1.82, 2.24) is 30.8 Å². The van der Waals surface area contributed by atoms with Gasteiger partial charge in [0.15, 0.2) is 5.82 Å². The number of carboxylic acids is 2. The van der Waals surface area contributed by atoms with E-state index in [9.17, 15) is 29.9 Å². The molecule has 12 heteroatoms. The van der Waals surface area contributed by atoms with Gasteiger partial charge in [0.2, 0.25) is 5.91 Å². The van der Waals surface area contributed by atoms with Gasteiger partial charge in [-0.15, -0.1) is 10.2 Å². The molecule has 2 aromatic carbocycles. The SMILES string of the molecule is C[C@@H](CC1(c2nn[nH]n2)c2ccc(C(=O)O)cc2CCc2cc(C(=O)O)ccc21)NCC(=O)N1CCC[C@H]1C#N. The summed E-state index contributed by atoms with van der Waals surface area (Å²) in [7, 11) is 0. The van der Waals surface area contributed by atoms with Gasteiger partial charge in [-0.3, -0.25) is 4.79 Å². The number of nitrogens with one attached hydrogen (secondary N) is 2. The van der Waals surface area contributed by atoms with E-state index in [2.05, 4.69) is 32.0 Å². The third-order valence-electron chi connectivity index (χ3n) is 7.95. The van der Waals surface area contributed by atoms with E-state index in [4.69, 9.17) is 0 Å². The molecular weight excluding hydrogens is 514 g/mol. The van der Waals surface area contributed by atoms with Crippen LogP contribution < -0.4 is 5.32 Å². The first-order valence-electron chi connectivity index (χ1n) is 13.1. The summed E-state index contributed by atoms with van der Waals surface area (Å²) in [6, 6.07) is 11.4. The van der Waals surface area contributed by atoms with Gasteiger partial charge in [-0.1, -0.05) is 17.3 Å². The number of nitriles is 1. The largest absolute Gasteiger partial charge is 0.478 e. The molecule has 40 heavy (non-hydrogen) atoms. The Hall–Kier alpha value is -4.63. The quantitative estimate of drug-likeness (QED) is 0.327. The zero-order chi connectivity index (χ0) is 28.4. The van der Waals surface area contributed by atoms with Crippen molar-refractivity contribution in [3.63, 3.8) is 0 Å². The van der Waals surface area contributed by atoms with E-state index in [0.29, 0.717) is 38.1 Å². The van der Waals surface area contributed by atoms with E-state index in [-0.39, 0.29) is 29.6 Å². The Morgan fingerprint density at radius 2 is 1.75 bits per heavy atom. The van der Waals surface area contributed by atoms with Gasteiger partial charge in [0.1, 0.15) is 6.04 Å². The minimum absolute atomic E-state index is 0.0390. The topological polar surface area (TPSA) is 185 Å². The molecule has 4 N–H and O–H groups in total. The normalized spacial score (nSPS) is 18.2. The van der Waals surface area contributed by atoms with Gasteiger partial charge in [0.05, 0.1) is 29.2 Å². The summed E-state index contributed by atoms with van der Waals surface area (Å²) >= 11 is 0. The Morgan fingerprint density at radius 3 is 2.27 bits per heavy atom. The van der Waals surface area contributed by atoms with Crippen LogP contribution in [0.2, 0.25) is 0 Å². The van der Waals surface area contributed by atoms with Crippen LogP contribution >= 0.6 is 0 Å². The average Bonchev–Trinajstić information content (AvgIpc) is 3.64. The Kier molecular flexibility index (Phi) is 7.32. The number of nitrogens with zero attached hydrogens (tertiary/aromatic N) is 5. The number of fused-ring (bicyclic) bond motifs is 2. The second-order valence-electron chi connectivity index (χ2n) is 10.4. The van der Waals surface area contributed by atoms with Gasteiger partial charge in [-0.2, -0.15) is 10.5 Å². The van der Waals surface area contributed by atoms with Gasteiger partial charge in [-0.05, 0) is 85.5 Å². The van der Waals surface area contributed by atoms with Crippen LogP contribution in [0.15, 0.2) is 36.4 Å². The number of tetrazole rings is 1. The Bertz CT molecular complexity index is 1430. The highest BCUT2D eigenvalue weighted by molar-refractivity contribution is 5.89. The summed E-state index contributed by atoms with van der Waals surface area (Å²) in [5, 5.41) is 47.1. The first-order valence-corrected chi connectivity index (χ1v) is 13.1. The maximum absolute atomic E-state index is 12.9. The zero-order valence-corrected chi connectivity index (χ0v) is 21.9. The molecule has 2 aliphatic rings. The molecule has 0 bridgehead atoms. The Balaban J connectivity index is 1.58. The lowest BCUT2D eigenvalue weighted by atomic mass is 9.68. The molecule has 1 aliphatic heterocycles. The number of aryl methyl sites for hydroxylation is 2. The average molecular weight is 544 g/mol. The van der Waals surface area contributed by atoms with Crippen LogP contribution in [0.3, 0.4) is 0 Å². The Labute approximate surface area is 230 Å². The molecule has 3 aromatic rings. The highest BCUT2D eigenvalue weighted by Crippen LogP contribution is 2.46. The lowest BCUT2D eigenvalue weighted by molar-refractivity contribution is -0.130. The fourth-order valence-electron chi connectivity index (χ4n) is 6.10.